The Morgan fingerprint density at radius 3 is 2.13 bits per heavy atom. The molecule has 0 aromatic carbocycles. The number of thiophene rings is 2. The van der Waals surface area contributed by atoms with Crippen molar-refractivity contribution in [2.45, 2.75) is 49.6 Å². The van der Waals surface area contributed by atoms with Crippen LogP contribution in [0.2, 0.25) is 0 Å². The molecule has 0 spiro atoms. The maximum absolute atomic E-state index is 10.2. The molecule has 4 heteroatoms. The van der Waals surface area contributed by atoms with E-state index in [-0.39, 0.29) is 0 Å². The lowest BCUT2D eigenvalue weighted by molar-refractivity contribution is 0.124. The Labute approximate surface area is 146 Å². The molecule has 0 aliphatic carbocycles. The third-order valence-corrected chi connectivity index (χ3v) is 7.93. The lowest BCUT2D eigenvalue weighted by Gasteiger charge is -2.39. The molecule has 2 aliphatic rings. The van der Waals surface area contributed by atoms with E-state index in [1.165, 1.54) is 35.4 Å². The largest absolute Gasteiger partial charge is 0.300 e. The Bertz CT molecular complexity index is 635. The monoisotopic (exact) mass is 342 g/mol. The zero-order valence-electron chi connectivity index (χ0n) is 13.4. The third-order valence-electron chi connectivity index (χ3n) is 5.87. The molecule has 4 rings (SSSR count). The van der Waals surface area contributed by atoms with Gasteiger partial charge in [-0.05, 0) is 68.0 Å². The number of piperidine rings is 1. The van der Waals surface area contributed by atoms with Crippen molar-refractivity contribution < 1.29 is 0 Å². The van der Waals surface area contributed by atoms with Crippen LogP contribution in [0.3, 0.4) is 0 Å². The molecule has 4 heterocycles. The molecule has 0 radical (unpaired) electrons. The van der Waals surface area contributed by atoms with Gasteiger partial charge in [-0.25, -0.2) is 0 Å². The normalized spacial score (nSPS) is 27.9. The van der Waals surface area contributed by atoms with Crippen molar-refractivity contribution >= 4 is 22.7 Å². The second-order valence-corrected chi connectivity index (χ2v) is 8.96. The summed E-state index contributed by atoms with van der Waals surface area (Å²) in [5.41, 5.74) is -0.442. The van der Waals surface area contributed by atoms with Crippen molar-refractivity contribution in [2.24, 2.45) is 5.92 Å². The van der Waals surface area contributed by atoms with Crippen molar-refractivity contribution in [3.8, 4) is 6.07 Å². The molecule has 2 nitrogen and oxygen atoms in total. The lowest BCUT2D eigenvalue weighted by atomic mass is 9.74. The molecular formula is C19H22N2S2. The molecular weight excluding hydrogens is 320 g/mol. The van der Waals surface area contributed by atoms with E-state index in [1.807, 2.05) is 0 Å². The highest BCUT2D eigenvalue weighted by Crippen LogP contribution is 2.47. The van der Waals surface area contributed by atoms with Crippen molar-refractivity contribution in [2.75, 3.05) is 7.05 Å². The van der Waals surface area contributed by atoms with Crippen LogP contribution < -0.4 is 0 Å². The van der Waals surface area contributed by atoms with E-state index in [4.69, 9.17) is 0 Å². The number of fused-ring (bicyclic) bond motifs is 2. The Morgan fingerprint density at radius 1 is 1.13 bits per heavy atom. The summed E-state index contributed by atoms with van der Waals surface area (Å²) in [6.07, 6.45) is 6.18. The fraction of sp³-hybridized carbons (Fsp3) is 0.526. The summed E-state index contributed by atoms with van der Waals surface area (Å²) in [5, 5.41) is 14.4. The number of nitrogens with zero attached hydrogens (tertiary/aromatic N) is 2. The molecule has 2 aromatic heterocycles. The van der Waals surface area contributed by atoms with Gasteiger partial charge in [-0.2, -0.15) is 5.26 Å². The summed E-state index contributed by atoms with van der Waals surface area (Å²) in [6, 6.07) is 12.7. The van der Waals surface area contributed by atoms with Gasteiger partial charge in [0, 0.05) is 21.8 Å². The Morgan fingerprint density at radius 2 is 1.70 bits per heavy atom. The summed E-state index contributed by atoms with van der Waals surface area (Å²) >= 11 is 3.47. The Kier molecular flexibility index (Phi) is 4.05. The molecule has 0 unspecified atom stereocenters. The Hall–Kier alpha value is -1.15. The summed E-state index contributed by atoms with van der Waals surface area (Å²) < 4.78 is 0. The van der Waals surface area contributed by atoms with Crippen molar-refractivity contribution in [3.05, 3.63) is 44.8 Å². The van der Waals surface area contributed by atoms with Gasteiger partial charge in [-0.3, -0.25) is 0 Å². The molecule has 2 bridgehead atoms. The van der Waals surface area contributed by atoms with Crippen LogP contribution in [0.4, 0.5) is 0 Å². The second kappa shape index (κ2) is 6.05. The van der Waals surface area contributed by atoms with E-state index >= 15 is 0 Å². The zero-order chi connectivity index (χ0) is 15.9. The van der Waals surface area contributed by atoms with Gasteiger partial charge in [0.2, 0.25) is 0 Å². The van der Waals surface area contributed by atoms with Crippen LogP contribution in [0.5, 0.6) is 0 Å². The standard InChI is InChI=1S/C19H22N2S2/c1-21-15-6-7-16(21)11-14(10-15)12-19(13-20,17-4-2-8-22-17)18-5-3-9-23-18/h2-5,8-9,14-16H,6-7,10-12H2,1H3/t15-,16-/m0/s1. The molecule has 0 N–H and O–H groups in total. The predicted octanol–water partition coefficient (Wildman–Crippen LogP) is 4.88. The fourth-order valence-corrected chi connectivity index (χ4v) is 6.51. The first-order valence-corrected chi connectivity index (χ1v) is 10.2. The van der Waals surface area contributed by atoms with E-state index in [9.17, 15) is 5.26 Å². The highest BCUT2D eigenvalue weighted by Gasteiger charge is 2.44. The molecule has 0 saturated carbocycles. The lowest BCUT2D eigenvalue weighted by Crippen LogP contribution is -2.41. The van der Waals surface area contributed by atoms with Gasteiger partial charge in [0.15, 0.2) is 0 Å². The van der Waals surface area contributed by atoms with Crippen LogP contribution in [0.25, 0.3) is 0 Å². The van der Waals surface area contributed by atoms with E-state index in [1.54, 1.807) is 22.7 Å². The first-order chi connectivity index (χ1) is 11.2. The fourth-order valence-electron chi connectivity index (χ4n) is 4.65. The van der Waals surface area contributed by atoms with Gasteiger partial charge in [0.05, 0.1) is 6.07 Å². The van der Waals surface area contributed by atoms with Crippen LogP contribution >= 0.6 is 22.7 Å². The zero-order valence-corrected chi connectivity index (χ0v) is 15.1. The SMILES string of the molecule is CN1[C@H]2CC[C@H]1CC(CC(C#N)(c1cccs1)c1cccs1)C2. The molecule has 2 aromatic rings. The topological polar surface area (TPSA) is 27.0 Å². The van der Waals surface area contributed by atoms with E-state index < -0.39 is 5.41 Å². The Balaban J connectivity index is 1.66. The summed E-state index contributed by atoms with van der Waals surface area (Å²) in [4.78, 5) is 5.02. The van der Waals surface area contributed by atoms with Crippen LogP contribution in [0.1, 0.15) is 41.9 Å². The molecule has 2 aliphatic heterocycles. The van der Waals surface area contributed by atoms with E-state index in [2.05, 4.69) is 53.0 Å². The predicted molar refractivity (Wildman–Crippen MR) is 96.9 cm³/mol. The van der Waals surface area contributed by atoms with Crippen molar-refractivity contribution in [1.82, 2.24) is 4.90 Å². The summed E-state index contributed by atoms with van der Waals surface area (Å²) in [7, 11) is 2.29. The van der Waals surface area contributed by atoms with Gasteiger partial charge in [0.25, 0.3) is 0 Å². The minimum atomic E-state index is -0.442. The van der Waals surface area contributed by atoms with Crippen molar-refractivity contribution in [3.63, 3.8) is 0 Å². The highest BCUT2D eigenvalue weighted by molar-refractivity contribution is 7.11. The number of hydrogen-bond acceptors (Lipinski definition) is 4. The minimum Gasteiger partial charge on any atom is -0.300 e. The van der Waals surface area contributed by atoms with Crippen LogP contribution in [-0.2, 0) is 5.41 Å². The van der Waals surface area contributed by atoms with Crippen LogP contribution in [0, 0.1) is 17.2 Å². The summed E-state index contributed by atoms with van der Waals surface area (Å²) in [6.45, 7) is 0. The maximum Gasteiger partial charge on any atom is 0.126 e. The number of nitriles is 1. The minimum absolute atomic E-state index is 0.442. The quantitative estimate of drug-likeness (QED) is 0.791. The highest BCUT2D eigenvalue weighted by atomic mass is 32.1. The average molecular weight is 343 g/mol. The number of hydrogen-bond donors (Lipinski definition) is 0. The molecule has 23 heavy (non-hydrogen) atoms. The smallest absolute Gasteiger partial charge is 0.126 e. The molecule has 2 fully saturated rings. The average Bonchev–Trinajstić information content (AvgIpc) is 3.29. The van der Waals surface area contributed by atoms with Crippen LogP contribution in [-0.4, -0.2) is 24.0 Å². The second-order valence-electron chi connectivity index (χ2n) is 7.06. The third kappa shape index (κ3) is 2.55. The van der Waals surface area contributed by atoms with Gasteiger partial charge in [-0.1, -0.05) is 12.1 Å². The van der Waals surface area contributed by atoms with Gasteiger partial charge >= 0.3 is 0 Å². The van der Waals surface area contributed by atoms with E-state index in [0.717, 1.165) is 18.5 Å². The van der Waals surface area contributed by atoms with Crippen molar-refractivity contribution in [1.29, 1.82) is 5.26 Å². The molecule has 2 atom stereocenters. The molecule has 0 amide bonds. The maximum atomic E-state index is 10.2. The summed E-state index contributed by atoms with van der Waals surface area (Å²) in [5.74, 6) is 0.660. The molecule has 120 valence electrons. The van der Waals surface area contributed by atoms with Gasteiger partial charge in [0.1, 0.15) is 5.41 Å². The first-order valence-electron chi connectivity index (χ1n) is 8.44. The number of rotatable bonds is 4. The van der Waals surface area contributed by atoms with Gasteiger partial charge in [-0.15, -0.1) is 22.7 Å². The molecule has 2 saturated heterocycles. The van der Waals surface area contributed by atoms with Gasteiger partial charge < -0.3 is 4.90 Å². The van der Waals surface area contributed by atoms with Crippen LogP contribution in [0.15, 0.2) is 35.0 Å². The first kappa shape index (κ1) is 15.4. The van der Waals surface area contributed by atoms with E-state index in [0.29, 0.717) is 5.92 Å².